The second-order valence-corrected chi connectivity index (χ2v) is 7.52. The van der Waals surface area contributed by atoms with Crippen molar-refractivity contribution < 1.29 is 14.6 Å². The van der Waals surface area contributed by atoms with E-state index in [1.807, 2.05) is 6.92 Å². The van der Waals surface area contributed by atoms with Gasteiger partial charge in [0, 0.05) is 18.4 Å². The van der Waals surface area contributed by atoms with Gasteiger partial charge in [-0.2, -0.15) is 0 Å². The predicted molar refractivity (Wildman–Crippen MR) is 74.3 cm³/mol. The molecule has 1 N–H and O–H groups in total. The van der Waals surface area contributed by atoms with Gasteiger partial charge in [-0.3, -0.25) is 4.79 Å². The monoisotopic (exact) mass is 258 g/mol. The van der Waals surface area contributed by atoms with Gasteiger partial charge in [-0.15, -0.1) is 0 Å². The number of aliphatic hydroxyl groups is 1. The van der Waals surface area contributed by atoms with Gasteiger partial charge in [-0.1, -0.05) is 41.5 Å². The fraction of sp³-hybridized carbons (Fsp3) is 0.933. The Kier molecular flexibility index (Phi) is 5.86. The lowest BCUT2D eigenvalue weighted by Gasteiger charge is -2.44. The first kappa shape index (κ1) is 17.4. The Bertz CT molecular complexity index is 270. The molecule has 0 spiro atoms. The second kappa shape index (κ2) is 6.05. The number of esters is 1. The first-order valence-corrected chi connectivity index (χ1v) is 6.74. The molecule has 0 aromatic rings. The number of hydrogen-bond donors (Lipinski definition) is 1. The Morgan fingerprint density at radius 3 is 1.89 bits per heavy atom. The Balaban J connectivity index is 4.85. The molecule has 0 aromatic heterocycles. The molecule has 0 heterocycles. The van der Waals surface area contributed by atoms with Crippen LogP contribution < -0.4 is 0 Å². The summed E-state index contributed by atoms with van der Waals surface area (Å²) in [5.74, 6) is -0.217. The largest absolute Gasteiger partial charge is 0.459 e. The summed E-state index contributed by atoms with van der Waals surface area (Å²) in [5.41, 5.74) is -0.508. The molecule has 3 heteroatoms. The van der Waals surface area contributed by atoms with E-state index in [0.29, 0.717) is 6.42 Å². The summed E-state index contributed by atoms with van der Waals surface area (Å²) < 4.78 is 5.73. The zero-order valence-electron chi connectivity index (χ0n) is 13.1. The maximum Gasteiger partial charge on any atom is 0.306 e. The molecule has 0 aliphatic heterocycles. The summed E-state index contributed by atoms with van der Waals surface area (Å²) in [6.07, 6.45) is 1.56. The molecule has 0 saturated heterocycles. The number of hydrogen-bond acceptors (Lipinski definition) is 3. The van der Waals surface area contributed by atoms with E-state index in [-0.39, 0.29) is 29.8 Å². The summed E-state index contributed by atoms with van der Waals surface area (Å²) in [6, 6.07) is 0. The first-order chi connectivity index (χ1) is 7.91. The summed E-state index contributed by atoms with van der Waals surface area (Å²) in [7, 11) is 0. The van der Waals surface area contributed by atoms with Crippen molar-refractivity contribution in [3.05, 3.63) is 0 Å². The predicted octanol–water partition coefficient (Wildman–Crippen LogP) is 3.54. The van der Waals surface area contributed by atoms with Gasteiger partial charge < -0.3 is 9.84 Å². The zero-order chi connectivity index (χ0) is 14.6. The highest BCUT2D eigenvalue weighted by molar-refractivity contribution is 5.70. The van der Waals surface area contributed by atoms with E-state index in [0.717, 1.165) is 6.42 Å². The second-order valence-electron chi connectivity index (χ2n) is 7.52. The highest BCUT2D eigenvalue weighted by atomic mass is 16.6. The SMILES string of the molecule is CC(C)(C)CC(C)(OC(=O)CCCO)C(C)(C)C. The lowest BCUT2D eigenvalue weighted by Crippen LogP contribution is -2.46. The van der Waals surface area contributed by atoms with Crippen LogP contribution >= 0.6 is 0 Å². The lowest BCUT2D eigenvalue weighted by molar-refractivity contribution is -0.175. The molecule has 0 aromatic carbocycles. The third kappa shape index (κ3) is 5.85. The molecule has 0 bridgehead atoms. The molecule has 0 saturated carbocycles. The Morgan fingerprint density at radius 1 is 1.06 bits per heavy atom. The van der Waals surface area contributed by atoms with E-state index in [1.54, 1.807) is 0 Å². The third-order valence-electron chi connectivity index (χ3n) is 3.33. The summed E-state index contributed by atoms with van der Waals surface area (Å²) in [6.45, 7) is 14.8. The molecule has 0 aliphatic rings. The van der Waals surface area contributed by atoms with Crippen LogP contribution in [0.4, 0.5) is 0 Å². The van der Waals surface area contributed by atoms with Gasteiger partial charge in [0.1, 0.15) is 5.60 Å². The van der Waals surface area contributed by atoms with E-state index >= 15 is 0 Å². The van der Waals surface area contributed by atoms with Crippen molar-refractivity contribution in [2.75, 3.05) is 6.61 Å². The number of aliphatic hydroxyl groups excluding tert-OH is 1. The van der Waals surface area contributed by atoms with E-state index in [2.05, 4.69) is 41.5 Å². The molecule has 108 valence electrons. The lowest BCUT2D eigenvalue weighted by atomic mass is 9.69. The molecular weight excluding hydrogens is 228 g/mol. The fourth-order valence-corrected chi connectivity index (χ4v) is 1.99. The number of carbonyl (C=O) groups is 1. The highest BCUT2D eigenvalue weighted by Gasteiger charge is 2.43. The van der Waals surface area contributed by atoms with E-state index in [4.69, 9.17) is 9.84 Å². The Labute approximate surface area is 112 Å². The van der Waals surface area contributed by atoms with Gasteiger partial charge in [0.05, 0.1) is 0 Å². The van der Waals surface area contributed by atoms with Gasteiger partial charge in [0.25, 0.3) is 0 Å². The third-order valence-corrected chi connectivity index (χ3v) is 3.33. The normalized spacial score (nSPS) is 16.2. The van der Waals surface area contributed by atoms with Crippen LogP contribution in [0, 0.1) is 10.8 Å². The molecule has 1 unspecified atom stereocenters. The van der Waals surface area contributed by atoms with Crippen LogP contribution in [0.3, 0.4) is 0 Å². The molecule has 0 aliphatic carbocycles. The minimum absolute atomic E-state index is 0.0284. The van der Waals surface area contributed by atoms with Crippen molar-refractivity contribution in [1.82, 2.24) is 0 Å². The molecule has 18 heavy (non-hydrogen) atoms. The van der Waals surface area contributed by atoms with Crippen LogP contribution in [0.2, 0.25) is 0 Å². The quantitative estimate of drug-likeness (QED) is 0.767. The van der Waals surface area contributed by atoms with Gasteiger partial charge in [0.2, 0.25) is 0 Å². The Hall–Kier alpha value is -0.570. The van der Waals surface area contributed by atoms with Crippen molar-refractivity contribution in [2.45, 2.75) is 73.3 Å². The number of ether oxygens (including phenoxy) is 1. The van der Waals surface area contributed by atoms with Gasteiger partial charge >= 0.3 is 5.97 Å². The van der Waals surface area contributed by atoms with Gasteiger partial charge in [-0.25, -0.2) is 0 Å². The van der Waals surface area contributed by atoms with Crippen molar-refractivity contribution in [3.63, 3.8) is 0 Å². The Morgan fingerprint density at radius 2 is 1.56 bits per heavy atom. The van der Waals surface area contributed by atoms with Crippen LogP contribution in [-0.4, -0.2) is 23.3 Å². The summed E-state index contributed by atoms with van der Waals surface area (Å²) >= 11 is 0. The maximum atomic E-state index is 11.8. The summed E-state index contributed by atoms with van der Waals surface area (Å²) in [4.78, 5) is 11.8. The smallest absolute Gasteiger partial charge is 0.306 e. The van der Waals surface area contributed by atoms with Crippen LogP contribution in [0.25, 0.3) is 0 Å². The number of rotatable bonds is 5. The van der Waals surface area contributed by atoms with E-state index < -0.39 is 5.60 Å². The van der Waals surface area contributed by atoms with Crippen LogP contribution in [0.5, 0.6) is 0 Å². The van der Waals surface area contributed by atoms with Crippen molar-refractivity contribution in [2.24, 2.45) is 10.8 Å². The number of carbonyl (C=O) groups excluding carboxylic acids is 1. The zero-order valence-corrected chi connectivity index (χ0v) is 13.1. The topological polar surface area (TPSA) is 46.5 Å². The highest BCUT2D eigenvalue weighted by Crippen LogP contribution is 2.42. The average Bonchev–Trinajstić information content (AvgIpc) is 2.09. The molecule has 1 atom stereocenters. The molecule has 0 fully saturated rings. The summed E-state index contributed by atoms with van der Waals surface area (Å²) in [5, 5.41) is 8.75. The minimum atomic E-state index is -0.488. The first-order valence-electron chi connectivity index (χ1n) is 6.74. The maximum absolute atomic E-state index is 11.8. The molecule has 0 radical (unpaired) electrons. The van der Waals surface area contributed by atoms with Crippen molar-refractivity contribution >= 4 is 5.97 Å². The molecule has 3 nitrogen and oxygen atoms in total. The van der Waals surface area contributed by atoms with E-state index in [9.17, 15) is 4.79 Å². The standard InChI is InChI=1S/C15H30O3/c1-13(2,3)11-15(7,14(4,5)6)18-12(17)9-8-10-16/h16H,8-11H2,1-7H3. The average molecular weight is 258 g/mol. The van der Waals surface area contributed by atoms with Crippen molar-refractivity contribution in [3.8, 4) is 0 Å². The van der Waals surface area contributed by atoms with Crippen LogP contribution in [0.15, 0.2) is 0 Å². The molecule has 0 rings (SSSR count). The van der Waals surface area contributed by atoms with Crippen molar-refractivity contribution in [1.29, 1.82) is 0 Å². The molecular formula is C15H30O3. The fourth-order valence-electron chi connectivity index (χ4n) is 1.99. The van der Waals surface area contributed by atoms with Crippen LogP contribution in [-0.2, 0) is 9.53 Å². The van der Waals surface area contributed by atoms with Crippen LogP contribution in [0.1, 0.15) is 67.7 Å². The minimum Gasteiger partial charge on any atom is -0.459 e. The van der Waals surface area contributed by atoms with Gasteiger partial charge in [-0.05, 0) is 25.2 Å². The van der Waals surface area contributed by atoms with Gasteiger partial charge in [0.15, 0.2) is 0 Å². The molecule has 0 amide bonds. The van der Waals surface area contributed by atoms with E-state index in [1.165, 1.54) is 0 Å².